The van der Waals surface area contributed by atoms with Gasteiger partial charge in [-0.15, -0.1) is 0 Å². The van der Waals surface area contributed by atoms with E-state index in [4.69, 9.17) is 14.2 Å². The van der Waals surface area contributed by atoms with Gasteiger partial charge in [0.2, 0.25) is 0 Å². The van der Waals surface area contributed by atoms with Crippen molar-refractivity contribution >= 4 is 24.2 Å². The zero-order valence-electron chi connectivity index (χ0n) is 17.4. The quantitative estimate of drug-likeness (QED) is 0.291. The molecule has 2 aromatic rings. The second-order valence-corrected chi connectivity index (χ2v) is 6.75. The van der Waals surface area contributed by atoms with E-state index in [1.165, 1.54) is 19.4 Å². The Kier molecular flexibility index (Phi) is 8.17. The van der Waals surface area contributed by atoms with E-state index in [1.54, 1.807) is 51.3 Å². The fourth-order valence-corrected chi connectivity index (χ4v) is 2.59. The third-order valence-electron chi connectivity index (χ3n) is 4.17. The van der Waals surface area contributed by atoms with Gasteiger partial charge in [0.25, 0.3) is 0 Å². The molecule has 0 radical (unpaired) electrons. The molecule has 0 saturated heterocycles. The van der Waals surface area contributed by atoms with Gasteiger partial charge in [0.15, 0.2) is 11.5 Å². The molecule has 0 heterocycles. The zero-order valence-corrected chi connectivity index (χ0v) is 17.4. The van der Waals surface area contributed by atoms with Crippen molar-refractivity contribution in [3.05, 3.63) is 59.7 Å². The standard InChI is InChI=1S/C23H25NO6/c1-15(2)22(23(26)27)24-14-17-8-10-19(20(13-17)29-4)30-21(25)11-9-16-6-5-7-18(12-16)28-3/h5-15,22H,1-4H3,(H,26,27)/b11-9+,24-14+. The van der Waals surface area contributed by atoms with Crippen LogP contribution in [0.4, 0.5) is 0 Å². The van der Waals surface area contributed by atoms with Crippen molar-refractivity contribution in [1.82, 2.24) is 0 Å². The Morgan fingerprint density at radius 1 is 1.00 bits per heavy atom. The topological polar surface area (TPSA) is 94.4 Å². The summed E-state index contributed by atoms with van der Waals surface area (Å²) in [6, 6.07) is 11.3. The van der Waals surface area contributed by atoms with Gasteiger partial charge >= 0.3 is 11.9 Å². The number of ether oxygens (including phenoxy) is 3. The van der Waals surface area contributed by atoms with Gasteiger partial charge in [-0.2, -0.15) is 0 Å². The number of methoxy groups -OCH3 is 2. The number of carbonyl (C=O) groups excluding carboxylic acids is 1. The Morgan fingerprint density at radius 2 is 1.77 bits per heavy atom. The fourth-order valence-electron chi connectivity index (χ4n) is 2.59. The number of hydrogen-bond acceptors (Lipinski definition) is 6. The number of hydrogen-bond donors (Lipinski definition) is 1. The van der Waals surface area contributed by atoms with Gasteiger partial charge in [-0.3, -0.25) is 4.99 Å². The minimum Gasteiger partial charge on any atom is -0.497 e. The highest BCUT2D eigenvalue weighted by Crippen LogP contribution is 2.28. The van der Waals surface area contributed by atoms with Gasteiger partial charge < -0.3 is 19.3 Å². The van der Waals surface area contributed by atoms with Crippen LogP contribution in [0.3, 0.4) is 0 Å². The molecule has 1 unspecified atom stereocenters. The number of carboxylic acids is 1. The van der Waals surface area contributed by atoms with Crippen LogP contribution in [0.2, 0.25) is 0 Å². The average molecular weight is 411 g/mol. The van der Waals surface area contributed by atoms with Crippen LogP contribution in [0.25, 0.3) is 6.08 Å². The predicted octanol–water partition coefficient (Wildman–Crippen LogP) is 3.85. The molecular weight excluding hydrogens is 386 g/mol. The summed E-state index contributed by atoms with van der Waals surface area (Å²) < 4.78 is 15.8. The Balaban J connectivity index is 2.11. The monoisotopic (exact) mass is 411 g/mol. The lowest BCUT2D eigenvalue weighted by Gasteiger charge is -2.11. The van der Waals surface area contributed by atoms with Crippen LogP contribution in [0.1, 0.15) is 25.0 Å². The molecule has 0 spiro atoms. The third-order valence-corrected chi connectivity index (χ3v) is 4.17. The first kappa shape index (κ1) is 22.7. The normalized spacial score (nSPS) is 12.3. The molecule has 0 aromatic heterocycles. The SMILES string of the molecule is COc1cccc(/C=C/C(=O)Oc2ccc(/C=N/C(C(=O)O)C(C)C)cc2OC)c1. The van der Waals surface area contributed by atoms with Crippen molar-refractivity contribution < 1.29 is 28.9 Å². The van der Waals surface area contributed by atoms with Crippen molar-refractivity contribution in [2.45, 2.75) is 19.9 Å². The first-order chi connectivity index (χ1) is 14.3. The number of nitrogens with zero attached hydrogens (tertiary/aromatic N) is 1. The molecule has 7 heteroatoms. The van der Waals surface area contributed by atoms with Crippen molar-refractivity contribution in [2.75, 3.05) is 14.2 Å². The molecule has 0 bridgehead atoms. The smallest absolute Gasteiger partial charge is 0.336 e. The molecule has 30 heavy (non-hydrogen) atoms. The first-order valence-corrected chi connectivity index (χ1v) is 9.32. The van der Waals surface area contributed by atoms with E-state index in [0.29, 0.717) is 17.1 Å². The van der Waals surface area contributed by atoms with Crippen molar-refractivity contribution in [3.63, 3.8) is 0 Å². The van der Waals surface area contributed by atoms with Gasteiger partial charge in [-0.25, -0.2) is 9.59 Å². The molecule has 0 aliphatic heterocycles. The van der Waals surface area contributed by atoms with Gasteiger partial charge in [0, 0.05) is 12.3 Å². The number of carboxylic acid groups (broad SMARTS) is 1. The summed E-state index contributed by atoms with van der Waals surface area (Å²) in [4.78, 5) is 27.5. The number of rotatable bonds is 9. The lowest BCUT2D eigenvalue weighted by molar-refractivity contribution is -0.139. The number of benzene rings is 2. The summed E-state index contributed by atoms with van der Waals surface area (Å²) in [5, 5.41) is 9.22. The molecule has 2 aromatic carbocycles. The van der Waals surface area contributed by atoms with Crippen molar-refractivity contribution in [2.24, 2.45) is 10.9 Å². The second kappa shape index (κ2) is 10.8. The molecule has 0 saturated carbocycles. The summed E-state index contributed by atoms with van der Waals surface area (Å²) in [5.41, 5.74) is 1.42. The lowest BCUT2D eigenvalue weighted by Crippen LogP contribution is -2.24. The molecule has 2 rings (SSSR count). The van der Waals surface area contributed by atoms with E-state index in [1.807, 2.05) is 18.2 Å². The second-order valence-electron chi connectivity index (χ2n) is 6.75. The zero-order chi connectivity index (χ0) is 22.1. The molecule has 158 valence electrons. The molecule has 0 fully saturated rings. The summed E-state index contributed by atoms with van der Waals surface area (Å²) in [6.45, 7) is 3.58. The van der Waals surface area contributed by atoms with Crippen LogP contribution in [-0.2, 0) is 9.59 Å². The minimum atomic E-state index is -0.985. The van der Waals surface area contributed by atoms with Crippen LogP contribution in [-0.4, -0.2) is 43.5 Å². The molecule has 7 nitrogen and oxygen atoms in total. The van der Waals surface area contributed by atoms with Gasteiger partial charge in [0.05, 0.1) is 14.2 Å². The number of carbonyl (C=O) groups is 2. The van der Waals surface area contributed by atoms with Crippen LogP contribution in [0, 0.1) is 5.92 Å². The summed E-state index contributed by atoms with van der Waals surface area (Å²) in [7, 11) is 3.02. The van der Waals surface area contributed by atoms with Crippen molar-refractivity contribution in [3.8, 4) is 17.2 Å². The van der Waals surface area contributed by atoms with Gasteiger partial charge in [-0.1, -0.05) is 26.0 Å². The Bertz CT molecular complexity index is 948. The molecule has 0 amide bonds. The van der Waals surface area contributed by atoms with E-state index < -0.39 is 18.0 Å². The molecule has 1 atom stereocenters. The van der Waals surface area contributed by atoms with Crippen LogP contribution in [0.15, 0.2) is 53.5 Å². The highest BCUT2D eigenvalue weighted by Gasteiger charge is 2.19. The average Bonchev–Trinajstić information content (AvgIpc) is 2.73. The van der Waals surface area contributed by atoms with E-state index in [2.05, 4.69) is 4.99 Å². The predicted molar refractivity (Wildman–Crippen MR) is 115 cm³/mol. The van der Waals surface area contributed by atoms with Crippen LogP contribution >= 0.6 is 0 Å². The maximum atomic E-state index is 12.2. The van der Waals surface area contributed by atoms with Crippen LogP contribution in [0.5, 0.6) is 17.2 Å². The van der Waals surface area contributed by atoms with Gasteiger partial charge in [-0.05, 0) is 53.5 Å². The largest absolute Gasteiger partial charge is 0.497 e. The third kappa shape index (κ3) is 6.48. The lowest BCUT2D eigenvalue weighted by atomic mass is 10.1. The summed E-state index contributed by atoms with van der Waals surface area (Å²) >= 11 is 0. The minimum absolute atomic E-state index is 0.141. The molecular formula is C23H25NO6. The Hall–Kier alpha value is -3.61. The van der Waals surface area contributed by atoms with Crippen LogP contribution < -0.4 is 14.2 Å². The maximum absolute atomic E-state index is 12.2. The Morgan fingerprint density at radius 3 is 2.40 bits per heavy atom. The van der Waals surface area contributed by atoms with Gasteiger partial charge in [0.1, 0.15) is 11.8 Å². The fraction of sp³-hybridized carbons (Fsp3) is 0.261. The number of aliphatic imine (C=N–C) groups is 1. The van der Waals surface area contributed by atoms with E-state index in [-0.39, 0.29) is 11.7 Å². The van der Waals surface area contributed by atoms with E-state index in [9.17, 15) is 14.7 Å². The Labute approximate surface area is 175 Å². The molecule has 0 aliphatic rings. The molecule has 0 aliphatic carbocycles. The summed E-state index contributed by atoms with van der Waals surface area (Å²) in [5.74, 6) is -0.429. The highest BCUT2D eigenvalue weighted by atomic mass is 16.6. The highest BCUT2D eigenvalue weighted by molar-refractivity contribution is 5.89. The van der Waals surface area contributed by atoms with E-state index in [0.717, 1.165) is 5.56 Å². The summed E-state index contributed by atoms with van der Waals surface area (Å²) in [6.07, 6.45) is 4.40. The van der Waals surface area contributed by atoms with E-state index >= 15 is 0 Å². The first-order valence-electron chi connectivity index (χ1n) is 9.32. The number of aliphatic carboxylic acids is 1. The molecule has 1 N–H and O–H groups in total. The van der Waals surface area contributed by atoms with Crippen molar-refractivity contribution in [1.29, 1.82) is 0 Å². The number of esters is 1. The maximum Gasteiger partial charge on any atom is 0.336 e.